The minimum absolute atomic E-state index is 0.00673. The van der Waals surface area contributed by atoms with Crippen LogP contribution in [0.2, 0.25) is 0 Å². The zero-order valence-electron chi connectivity index (χ0n) is 14.5. The largest absolute Gasteiger partial charge is 0.481 e. The number of hydrogen-bond donors (Lipinski definition) is 0. The van der Waals surface area contributed by atoms with E-state index in [-0.39, 0.29) is 5.91 Å². The molecule has 3 rings (SSSR count). The summed E-state index contributed by atoms with van der Waals surface area (Å²) in [5.74, 6) is 0.883. The summed E-state index contributed by atoms with van der Waals surface area (Å²) in [6, 6.07) is 16.2. The molecule has 1 aliphatic carbocycles. The van der Waals surface area contributed by atoms with Gasteiger partial charge in [0.2, 0.25) is 0 Å². The van der Waals surface area contributed by atoms with Crippen LogP contribution in [0.3, 0.4) is 0 Å². The van der Waals surface area contributed by atoms with Crippen molar-refractivity contribution in [3.63, 3.8) is 0 Å². The van der Waals surface area contributed by atoms with Crippen LogP contribution in [0.15, 0.2) is 48.5 Å². The second kappa shape index (κ2) is 7.52. The Labute approximate surface area is 144 Å². The van der Waals surface area contributed by atoms with Crippen LogP contribution in [0.5, 0.6) is 5.75 Å². The van der Waals surface area contributed by atoms with Crippen LogP contribution in [0.25, 0.3) is 0 Å². The fourth-order valence-corrected chi connectivity index (χ4v) is 3.34. The number of amides is 1. The van der Waals surface area contributed by atoms with Crippen molar-refractivity contribution in [3.05, 3.63) is 65.2 Å². The predicted octanol–water partition coefficient (Wildman–Crippen LogP) is 3.99. The Bertz CT molecular complexity index is 696. The van der Waals surface area contributed by atoms with Crippen LogP contribution in [-0.4, -0.2) is 24.0 Å². The molecule has 24 heavy (non-hydrogen) atoms. The average Bonchev–Trinajstić information content (AvgIpc) is 2.62. The Balaban J connectivity index is 1.66. The molecule has 0 spiro atoms. The molecule has 1 unspecified atom stereocenters. The zero-order valence-corrected chi connectivity index (χ0v) is 14.5. The smallest absolute Gasteiger partial charge is 0.263 e. The second-order valence-electron chi connectivity index (χ2n) is 6.54. The van der Waals surface area contributed by atoms with E-state index in [2.05, 4.69) is 6.07 Å². The van der Waals surface area contributed by atoms with Gasteiger partial charge in [-0.1, -0.05) is 42.5 Å². The first kappa shape index (κ1) is 16.6. The highest BCUT2D eigenvalue weighted by Gasteiger charge is 2.22. The molecule has 3 nitrogen and oxygen atoms in total. The summed E-state index contributed by atoms with van der Waals surface area (Å²) in [5.41, 5.74) is 3.78. The van der Waals surface area contributed by atoms with E-state index in [0.29, 0.717) is 6.54 Å². The SMILES string of the molecule is CC(Oc1cccc2c1CCCC2)C(=O)N(C)Cc1ccccc1. The molecule has 0 bridgehead atoms. The van der Waals surface area contributed by atoms with Gasteiger partial charge in [-0.2, -0.15) is 0 Å². The van der Waals surface area contributed by atoms with Crippen LogP contribution < -0.4 is 4.74 Å². The monoisotopic (exact) mass is 323 g/mol. The quantitative estimate of drug-likeness (QED) is 0.832. The first-order valence-corrected chi connectivity index (χ1v) is 8.71. The van der Waals surface area contributed by atoms with Crippen molar-refractivity contribution < 1.29 is 9.53 Å². The molecule has 0 aliphatic heterocycles. The predicted molar refractivity (Wildman–Crippen MR) is 96.1 cm³/mol. The molecule has 126 valence electrons. The summed E-state index contributed by atoms with van der Waals surface area (Å²) >= 11 is 0. The molecule has 0 aromatic heterocycles. The number of fused-ring (bicyclic) bond motifs is 1. The first-order valence-electron chi connectivity index (χ1n) is 8.71. The summed E-state index contributed by atoms with van der Waals surface area (Å²) in [6.45, 7) is 2.44. The molecule has 1 amide bonds. The summed E-state index contributed by atoms with van der Waals surface area (Å²) in [7, 11) is 1.83. The van der Waals surface area contributed by atoms with Crippen molar-refractivity contribution in [1.82, 2.24) is 4.90 Å². The van der Waals surface area contributed by atoms with Gasteiger partial charge in [-0.3, -0.25) is 4.79 Å². The van der Waals surface area contributed by atoms with Gasteiger partial charge in [0.1, 0.15) is 5.75 Å². The highest BCUT2D eigenvalue weighted by molar-refractivity contribution is 5.80. The minimum atomic E-state index is -0.480. The van der Waals surface area contributed by atoms with E-state index in [1.807, 2.05) is 56.4 Å². The van der Waals surface area contributed by atoms with E-state index in [9.17, 15) is 4.79 Å². The molecule has 0 N–H and O–H groups in total. The van der Waals surface area contributed by atoms with Crippen LogP contribution >= 0.6 is 0 Å². The van der Waals surface area contributed by atoms with Crippen molar-refractivity contribution in [2.75, 3.05) is 7.05 Å². The Morgan fingerprint density at radius 2 is 1.83 bits per heavy atom. The highest BCUT2D eigenvalue weighted by atomic mass is 16.5. The number of aryl methyl sites for hydroxylation is 1. The summed E-state index contributed by atoms with van der Waals surface area (Å²) in [4.78, 5) is 14.4. The number of rotatable bonds is 5. The third-order valence-corrected chi connectivity index (χ3v) is 4.64. The highest BCUT2D eigenvalue weighted by Crippen LogP contribution is 2.30. The Morgan fingerprint density at radius 3 is 2.62 bits per heavy atom. The molecule has 0 fully saturated rings. The van der Waals surface area contributed by atoms with Crippen molar-refractivity contribution in [1.29, 1.82) is 0 Å². The van der Waals surface area contributed by atoms with Gasteiger partial charge in [0.15, 0.2) is 6.10 Å². The maximum Gasteiger partial charge on any atom is 0.263 e. The van der Waals surface area contributed by atoms with Gasteiger partial charge >= 0.3 is 0 Å². The summed E-state index contributed by atoms with van der Waals surface area (Å²) < 4.78 is 6.04. The van der Waals surface area contributed by atoms with Gasteiger partial charge in [-0.05, 0) is 55.4 Å². The Morgan fingerprint density at radius 1 is 1.08 bits per heavy atom. The Hall–Kier alpha value is -2.29. The lowest BCUT2D eigenvalue weighted by molar-refractivity contribution is -0.137. The topological polar surface area (TPSA) is 29.5 Å². The lowest BCUT2D eigenvalue weighted by atomic mass is 9.91. The number of nitrogens with zero attached hydrogens (tertiary/aromatic N) is 1. The van der Waals surface area contributed by atoms with Crippen molar-refractivity contribution in [2.45, 2.75) is 45.3 Å². The lowest BCUT2D eigenvalue weighted by Crippen LogP contribution is -2.37. The molecule has 1 atom stereocenters. The number of carbonyl (C=O) groups excluding carboxylic acids is 1. The second-order valence-corrected chi connectivity index (χ2v) is 6.54. The molecule has 0 heterocycles. The van der Waals surface area contributed by atoms with Crippen molar-refractivity contribution in [3.8, 4) is 5.75 Å². The molecular formula is C21H25NO2. The Kier molecular flexibility index (Phi) is 5.19. The number of carbonyl (C=O) groups is 1. The van der Waals surface area contributed by atoms with Crippen LogP contribution in [-0.2, 0) is 24.2 Å². The van der Waals surface area contributed by atoms with Crippen molar-refractivity contribution >= 4 is 5.91 Å². The van der Waals surface area contributed by atoms with Gasteiger partial charge < -0.3 is 9.64 Å². The fourth-order valence-electron chi connectivity index (χ4n) is 3.34. The van der Waals surface area contributed by atoms with Gasteiger partial charge in [0.05, 0.1) is 0 Å². The fraction of sp³-hybridized carbons (Fsp3) is 0.381. The van der Waals surface area contributed by atoms with E-state index in [1.165, 1.54) is 24.0 Å². The van der Waals surface area contributed by atoms with E-state index >= 15 is 0 Å². The molecule has 2 aromatic rings. The van der Waals surface area contributed by atoms with E-state index in [1.54, 1.807) is 4.90 Å². The number of likely N-dealkylation sites (N-methyl/N-ethyl adjacent to an activating group) is 1. The van der Waals surface area contributed by atoms with Crippen molar-refractivity contribution in [2.24, 2.45) is 0 Å². The first-order chi connectivity index (χ1) is 11.6. The third-order valence-electron chi connectivity index (χ3n) is 4.64. The van der Waals surface area contributed by atoms with E-state index < -0.39 is 6.10 Å². The molecule has 0 saturated carbocycles. The van der Waals surface area contributed by atoms with Gasteiger partial charge in [0, 0.05) is 13.6 Å². The normalized spacial score (nSPS) is 14.6. The van der Waals surface area contributed by atoms with E-state index in [4.69, 9.17) is 4.74 Å². The molecule has 2 aromatic carbocycles. The van der Waals surface area contributed by atoms with Crippen LogP contribution in [0, 0.1) is 0 Å². The minimum Gasteiger partial charge on any atom is -0.481 e. The summed E-state index contributed by atoms with van der Waals surface area (Å²) in [6.07, 6.45) is 4.12. The van der Waals surface area contributed by atoms with Crippen LogP contribution in [0.4, 0.5) is 0 Å². The van der Waals surface area contributed by atoms with Crippen LogP contribution in [0.1, 0.15) is 36.5 Å². The van der Waals surface area contributed by atoms with Gasteiger partial charge in [0.25, 0.3) is 5.91 Å². The van der Waals surface area contributed by atoms with Gasteiger partial charge in [-0.15, -0.1) is 0 Å². The summed E-state index contributed by atoms with van der Waals surface area (Å²) in [5, 5.41) is 0. The average molecular weight is 323 g/mol. The number of benzene rings is 2. The standard InChI is InChI=1S/C21H25NO2/c1-16(21(23)22(2)15-17-9-4-3-5-10-17)24-20-14-8-12-18-11-6-7-13-19(18)20/h3-5,8-10,12,14,16H,6-7,11,13,15H2,1-2H3. The number of ether oxygens (including phenoxy) is 1. The third kappa shape index (κ3) is 3.78. The molecule has 3 heteroatoms. The molecule has 0 saturated heterocycles. The maximum absolute atomic E-state index is 12.6. The molecular weight excluding hydrogens is 298 g/mol. The van der Waals surface area contributed by atoms with Gasteiger partial charge in [-0.25, -0.2) is 0 Å². The maximum atomic E-state index is 12.6. The lowest BCUT2D eigenvalue weighted by Gasteiger charge is -2.25. The molecule has 0 radical (unpaired) electrons. The molecule has 1 aliphatic rings. The zero-order chi connectivity index (χ0) is 16.9. The van der Waals surface area contributed by atoms with E-state index in [0.717, 1.165) is 24.2 Å². The number of hydrogen-bond acceptors (Lipinski definition) is 2.